The lowest BCUT2D eigenvalue weighted by Gasteiger charge is -2.19. The number of carboxylic acid groups (broad SMARTS) is 1. The molecular weight excluding hydrogens is 556 g/mol. The van der Waals surface area contributed by atoms with Crippen molar-refractivity contribution >= 4 is 50.8 Å². The zero-order valence-electron chi connectivity index (χ0n) is 21.8. The summed E-state index contributed by atoms with van der Waals surface area (Å²) >= 11 is 0. The summed E-state index contributed by atoms with van der Waals surface area (Å²) in [6, 6.07) is 14.2. The molecule has 0 saturated carbocycles. The highest BCUT2D eigenvalue weighted by atomic mass is 32.2. The molecule has 0 spiro atoms. The topological polar surface area (TPSA) is 209 Å². The van der Waals surface area contributed by atoms with Crippen molar-refractivity contribution in [2.45, 2.75) is 30.7 Å². The van der Waals surface area contributed by atoms with E-state index >= 15 is 0 Å². The molecule has 15 heteroatoms. The number of aliphatic carboxylic acids is 1. The van der Waals surface area contributed by atoms with Gasteiger partial charge in [-0.2, -0.15) is 0 Å². The first-order valence-corrected chi connectivity index (χ1v) is 13.8. The minimum Gasteiger partial charge on any atom is -0.481 e. The van der Waals surface area contributed by atoms with Gasteiger partial charge in [0, 0.05) is 35.7 Å². The number of urea groups is 2. The molecule has 1 atom stereocenters. The van der Waals surface area contributed by atoms with Crippen molar-refractivity contribution in [3.05, 3.63) is 88.5 Å². The van der Waals surface area contributed by atoms with E-state index in [9.17, 15) is 38.0 Å². The van der Waals surface area contributed by atoms with Crippen LogP contribution in [0.4, 0.5) is 32.3 Å². The second kappa shape index (κ2) is 13.7. The number of nitrogens with zero attached hydrogens (tertiary/aromatic N) is 1. The van der Waals surface area contributed by atoms with Crippen molar-refractivity contribution in [3.63, 3.8) is 0 Å². The van der Waals surface area contributed by atoms with Gasteiger partial charge in [0.25, 0.3) is 15.7 Å². The number of carbonyl (C=O) groups excluding carboxylic acids is 2. The predicted molar refractivity (Wildman–Crippen MR) is 151 cm³/mol. The minimum atomic E-state index is -4.11. The number of anilines is 3. The van der Waals surface area contributed by atoms with Crippen LogP contribution in [0.5, 0.6) is 0 Å². The summed E-state index contributed by atoms with van der Waals surface area (Å²) in [5, 5.41) is 30.4. The van der Waals surface area contributed by atoms with E-state index in [1.165, 1.54) is 72.8 Å². The second-order valence-electron chi connectivity index (χ2n) is 8.69. The number of amides is 4. The predicted octanol–water partition coefficient (Wildman–Crippen LogP) is 4.26. The summed E-state index contributed by atoms with van der Waals surface area (Å²) in [6.07, 6.45) is 0.218. The maximum atomic E-state index is 13.1. The molecule has 4 amide bonds. The second-order valence-corrected chi connectivity index (χ2v) is 10.4. The Labute approximate surface area is 235 Å². The molecule has 0 aromatic heterocycles. The number of benzene rings is 3. The monoisotopic (exact) mass is 584 g/mol. The van der Waals surface area contributed by atoms with Gasteiger partial charge in [0.2, 0.25) is 0 Å². The van der Waals surface area contributed by atoms with Gasteiger partial charge in [-0.05, 0) is 54.4 Å². The van der Waals surface area contributed by atoms with Crippen LogP contribution in [-0.4, -0.2) is 43.0 Å². The smallest absolute Gasteiger partial charge is 0.319 e. The van der Waals surface area contributed by atoms with Gasteiger partial charge < -0.3 is 26.4 Å². The molecule has 0 aliphatic carbocycles. The Morgan fingerprint density at radius 3 is 2.22 bits per heavy atom. The fourth-order valence-corrected chi connectivity index (χ4v) is 4.70. The molecule has 3 aromatic carbocycles. The van der Waals surface area contributed by atoms with E-state index < -0.39 is 45.4 Å². The van der Waals surface area contributed by atoms with Gasteiger partial charge in [0.15, 0.2) is 0 Å². The van der Waals surface area contributed by atoms with E-state index in [-0.39, 0.29) is 27.6 Å². The molecule has 0 bridgehead atoms. The third kappa shape index (κ3) is 9.21. The molecule has 216 valence electrons. The summed E-state index contributed by atoms with van der Waals surface area (Å²) in [5.41, 5.74) is 0.742. The lowest BCUT2D eigenvalue weighted by molar-refractivity contribution is -0.384. The number of carboxylic acids is 1. The minimum absolute atomic E-state index is 0.106. The Balaban J connectivity index is 1.75. The normalized spacial score (nSPS) is 11.5. The summed E-state index contributed by atoms with van der Waals surface area (Å²) in [5.74, 6) is -1.22. The number of nitro groups is 1. The van der Waals surface area contributed by atoms with Gasteiger partial charge in [0.1, 0.15) is 0 Å². The van der Waals surface area contributed by atoms with Crippen LogP contribution < -0.4 is 26.0 Å². The molecular formula is C26H28N6O8S. The molecule has 3 aromatic rings. The molecule has 0 aliphatic rings. The average Bonchev–Trinajstić information content (AvgIpc) is 2.91. The van der Waals surface area contributed by atoms with E-state index in [0.29, 0.717) is 12.1 Å². The van der Waals surface area contributed by atoms with Gasteiger partial charge in [-0.1, -0.05) is 25.1 Å². The van der Waals surface area contributed by atoms with Crippen molar-refractivity contribution in [1.82, 2.24) is 10.6 Å². The van der Waals surface area contributed by atoms with Crippen LogP contribution in [0.2, 0.25) is 0 Å². The maximum absolute atomic E-state index is 13.1. The van der Waals surface area contributed by atoms with E-state index in [0.717, 1.165) is 6.42 Å². The third-order valence-corrected chi connectivity index (χ3v) is 6.88. The molecule has 0 fully saturated rings. The summed E-state index contributed by atoms with van der Waals surface area (Å²) in [4.78, 5) is 46.1. The highest BCUT2D eigenvalue weighted by molar-refractivity contribution is 7.92. The summed E-state index contributed by atoms with van der Waals surface area (Å²) < 4.78 is 28.5. The molecule has 3 rings (SSSR count). The number of rotatable bonds is 12. The van der Waals surface area contributed by atoms with E-state index in [4.69, 9.17) is 0 Å². The number of carbonyl (C=O) groups is 3. The van der Waals surface area contributed by atoms with E-state index in [2.05, 4.69) is 26.0 Å². The molecule has 14 nitrogen and oxygen atoms in total. The van der Waals surface area contributed by atoms with Crippen molar-refractivity contribution in [2.24, 2.45) is 0 Å². The van der Waals surface area contributed by atoms with Crippen LogP contribution in [0.25, 0.3) is 0 Å². The molecule has 0 radical (unpaired) electrons. The molecule has 6 N–H and O–H groups in total. The van der Waals surface area contributed by atoms with Crippen molar-refractivity contribution in [2.75, 3.05) is 21.9 Å². The first kappa shape index (κ1) is 30.4. The number of hydrogen-bond donors (Lipinski definition) is 6. The first-order chi connectivity index (χ1) is 19.5. The van der Waals surface area contributed by atoms with Gasteiger partial charge in [-0.25, -0.2) is 18.0 Å². The van der Waals surface area contributed by atoms with E-state index in [1.807, 2.05) is 6.92 Å². The number of nitrogens with one attached hydrogen (secondary N) is 5. The zero-order chi connectivity index (χ0) is 30.0. The standard InChI is InChI=1S/C26H28N6O8S/c1-2-13-27-25(35)29-19-6-4-8-22(15-19)41(39,40)31-20-7-3-5-17(14-20)23(16-24(33)34)30-26(36)28-18-9-11-21(12-10-18)32(37)38/h3-12,14-15,23,31H,2,13,16H2,1H3,(H,33,34)(H2,27,29,35)(H2,28,30,36). The van der Waals surface area contributed by atoms with Crippen LogP contribution in [0.3, 0.4) is 0 Å². The van der Waals surface area contributed by atoms with Crippen LogP contribution in [0.1, 0.15) is 31.4 Å². The Morgan fingerprint density at radius 2 is 1.56 bits per heavy atom. The van der Waals surface area contributed by atoms with Gasteiger partial charge in [0.05, 0.1) is 22.3 Å². The van der Waals surface area contributed by atoms with Crippen molar-refractivity contribution in [3.8, 4) is 0 Å². The lowest BCUT2D eigenvalue weighted by Crippen LogP contribution is -2.33. The Bertz CT molecular complexity index is 1530. The highest BCUT2D eigenvalue weighted by Gasteiger charge is 2.21. The SMILES string of the molecule is CCCNC(=O)Nc1cccc(S(=O)(=O)Nc2cccc(C(CC(=O)O)NC(=O)Nc3ccc([N+](=O)[O-])cc3)c2)c1. The van der Waals surface area contributed by atoms with Crippen molar-refractivity contribution < 1.29 is 32.8 Å². The third-order valence-electron chi connectivity index (χ3n) is 5.50. The highest BCUT2D eigenvalue weighted by Crippen LogP contribution is 2.24. The first-order valence-electron chi connectivity index (χ1n) is 12.3. The maximum Gasteiger partial charge on any atom is 0.319 e. The van der Waals surface area contributed by atoms with Gasteiger partial charge in [-0.3, -0.25) is 19.6 Å². The molecule has 41 heavy (non-hydrogen) atoms. The number of nitro benzene ring substituents is 1. The molecule has 0 aliphatic heterocycles. The summed E-state index contributed by atoms with van der Waals surface area (Å²) in [7, 11) is -4.11. The van der Waals surface area contributed by atoms with Gasteiger partial charge in [-0.15, -0.1) is 0 Å². The van der Waals surface area contributed by atoms with Crippen LogP contribution in [0.15, 0.2) is 77.7 Å². The summed E-state index contributed by atoms with van der Waals surface area (Å²) in [6.45, 7) is 2.35. The van der Waals surface area contributed by atoms with Crippen LogP contribution in [-0.2, 0) is 14.8 Å². The van der Waals surface area contributed by atoms with Crippen molar-refractivity contribution in [1.29, 1.82) is 0 Å². The van der Waals surface area contributed by atoms with Crippen LogP contribution >= 0.6 is 0 Å². The molecule has 0 saturated heterocycles. The average molecular weight is 585 g/mol. The fourth-order valence-electron chi connectivity index (χ4n) is 3.61. The Kier molecular flexibility index (Phi) is 10.2. The fraction of sp³-hybridized carbons (Fsp3) is 0.192. The largest absolute Gasteiger partial charge is 0.481 e. The number of non-ortho nitro benzene ring substituents is 1. The van der Waals surface area contributed by atoms with E-state index in [1.54, 1.807) is 0 Å². The Hall–Kier alpha value is -5.18. The van der Waals surface area contributed by atoms with Gasteiger partial charge >= 0.3 is 18.0 Å². The number of sulfonamides is 1. The molecule has 1 unspecified atom stereocenters. The lowest BCUT2D eigenvalue weighted by atomic mass is 10.0. The zero-order valence-corrected chi connectivity index (χ0v) is 22.6. The molecule has 0 heterocycles. The Morgan fingerprint density at radius 1 is 0.902 bits per heavy atom. The van der Waals surface area contributed by atoms with Crippen LogP contribution in [0, 0.1) is 10.1 Å². The number of hydrogen-bond acceptors (Lipinski definition) is 7. The quantitative estimate of drug-likeness (QED) is 0.133.